The van der Waals surface area contributed by atoms with Crippen LogP contribution in [0.5, 0.6) is 0 Å². The van der Waals surface area contributed by atoms with Crippen LogP contribution in [-0.4, -0.2) is 68.6 Å². The number of likely N-dealkylation sites (tertiary alicyclic amines) is 1. The van der Waals surface area contributed by atoms with Crippen molar-refractivity contribution in [2.75, 3.05) is 26.4 Å². The second-order valence-corrected chi connectivity index (χ2v) is 9.40. The number of carbonyl (C=O) groups excluding carboxylic acids is 1. The van der Waals surface area contributed by atoms with Gasteiger partial charge in [-0.15, -0.1) is 0 Å². The summed E-state index contributed by atoms with van der Waals surface area (Å²) in [7, 11) is -3.84. The molecule has 8 nitrogen and oxygen atoms in total. The highest BCUT2D eigenvalue weighted by atomic mass is 32.2. The normalized spacial score (nSPS) is 20.4. The van der Waals surface area contributed by atoms with Crippen LogP contribution in [0.15, 0.2) is 29.2 Å². The molecule has 0 aromatic heterocycles. The Bertz CT molecular complexity index is 755. The topological polar surface area (TPSA) is 102 Å². The third kappa shape index (κ3) is 6.44. The van der Waals surface area contributed by atoms with Gasteiger partial charge in [-0.1, -0.05) is 17.7 Å². The first-order valence-electron chi connectivity index (χ1n) is 9.20. The Morgan fingerprint density at radius 2 is 1.86 bits per heavy atom. The van der Waals surface area contributed by atoms with Crippen molar-refractivity contribution in [2.45, 2.75) is 56.8 Å². The highest BCUT2D eigenvalue weighted by Gasteiger charge is 2.37. The molecule has 1 aliphatic heterocycles. The van der Waals surface area contributed by atoms with Gasteiger partial charge in [-0.2, -0.15) is 8.42 Å². The molecule has 2 atom stereocenters. The van der Waals surface area contributed by atoms with Crippen LogP contribution in [0.2, 0.25) is 0 Å². The second kappa shape index (κ2) is 9.21. The summed E-state index contributed by atoms with van der Waals surface area (Å²) >= 11 is 0. The molecule has 1 aromatic rings. The summed E-state index contributed by atoms with van der Waals surface area (Å²) in [5.74, 6) is 0. The lowest BCUT2D eigenvalue weighted by molar-refractivity contribution is 0.0117. The summed E-state index contributed by atoms with van der Waals surface area (Å²) in [4.78, 5) is 13.8. The Hall–Kier alpha value is -1.68. The number of nitrogens with zero attached hydrogens (tertiary/aromatic N) is 1. The summed E-state index contributed by atoms with van der Waals surface area (Å²) < 4.78 is 40.3. The summed E-state index contributed by atoms with van der Waals surface area (Å²) in [5, 5.41) is 9.52. The highest BCUT2D eigenvalue weighted by Crippen LogP contribution is 2.23. The molecule has 0 radical (unpaired) electrons. The SMILES string of the molecule is Cc1ccc(S(=O)(=O)OCCO[C@@H]2C[C@@H](CO)N(C(=O)OC(C)(C)C)C2)cc1. The van der Waals surface area contributed by atoms with Gasteiger partial charge in [0.25, 0.3) is 10.1 Å². The van der Waals surface area contributed by atoms with Gasteiger partial charge in [-0.05, 0) is 46.2 Å². The molecule has 2 rings (SSSR count). The molecular formula is C19H29NO7S. The second-order valence-electron chi connectivity index (χ2n) is 7.79. The zero-order valence-electron chi connectivity index (χ0n) is 16.8. The van der Waals surface area contributed by atoms with Crippen LogP contribution in [0, 0.1) is 6.92 Å². The number of ether oxygens (including phenoxy) is 2. The third-order valence-electron chi connectivity index (χ3n) is 4.20. The minimum Gasteiger partial charge on any atom is -0.444 e. The number of hydrogen-bond donors (Lipinski definition) is 1. The molecule has 0 spiro atoms. The maximum Gasteiger partial charge on any atom is 0.410 e. The maximum absolute atomic E-state index is 12.3. The summed E-state index contributed by atoms with van der Waals surface area (Å²) in [6.07, 6.45) is -0.383. The molecule has 0 saturated carbocycles. The van der Waals surface area contributed by atoms with Crippen LogP contribution in [-0.2, 0) is 23.8 Å². The molecule has 1 aromatic carbocycles. The Kier molecular flexibility index (Phi) is 7.44. The smallest absolute Gasteiger partial charge is 0.410 e. The summed E-state index contributed by atoms with van der Waals surface area (Å²) in [6.45, 7) is 7.17. The molecule has 1 amide bonds. The van der Waals surface area contributed by atoms with Crippen LogP contribution in [0.25, 0.3) is 0 Å². The molecule has 0 unspecified atom stereocenters. The van der Waals surface area contributed by atoms with Gasteiger partial charge in [0.15, 0.2) is 0 Å². The lowest BCUT2D eigenvalue weighted by Gasteiger charge is -2.27. The third-order valence-corrected chi connectivity index (χ3v) is 5.53. The Morgan fingerprint density at radius 3 is 2.43 bits per heavy atom. The molecule has 9 heteroatoms. The fourth-order valence-corrected chi connectivity index (χ4v) is 3.74. The largest absolute Gasteiger partial charge is 0.444 e. The number of rotatable bonds is 7. The van der Waals surface area contributed by atoms with E-state index >= 15 is 0 Å². The lowest BCUT2D eigenvalue weighted by Crippen LogP contribution is -2.41. The minimum absolute atomic E-state index is 0.0517. The van der Waals surface area contributed by atoms with Gasteiger partial charge < -0.3 is 19.5 Å². The van der Waals surface area contributed by atoms with Crippen LogP contribution < -0.4 is 0 Å². The van der Waals surface area contributed by atoms with Gasteiger partial charge in [0.05, 0.1) is 43.4 Å². The van der Waals surface area contributed by atoms with Crippen molar-refractivity contribution in [1.82, 2.24) is 4.90 Å². The van der Waals surface area contributed by atoms with Crippen LogP contribution >= 0.6 is 0 Å². The van der Waals surface area contributed by atoms with E-state index in [1.54, 1.807) is 32.9 Å². The molecule has 0 bridgehead atoms. The average molecular weight is 416 g/mol. The standard InChI is InChI=1S/C19H29NO7S/c1-14-5-7-17(8-6-14)28(23,24)26-10-9-25-16-11-15(13-21)20(12-16)18(22)27-19(2,3)4/h5-8,15-16,21H,9-13H2,1-4H3/t15-,16+/m0/s1. The first-order valence-corrected chi connectivity index (χ1v) is 10.6. The number of amides is 1. The molecule has 1 heterocycles. The van der Waals surface area contributed by atoms with E-state index < -0.39 is 27.9 Å². The molecule has 1 N–H and O–H groups in total. The van der Waals surface area contributed by atoms with Gasteiger partial charge in [0.2, 0.25) is 0 Å². The minimum atomic E-state index is -3.84. The number of hydrogen-bond acceptors (Lipinski definition) is 7. The van der Waals surface area contributed by atoms with Crippen molar-refractivity contribution in [3.8, 4) is 0 Å². The summed E-state index contributed by atoms with van der Waals surface area (Å²) in [5.41, 5.74) is 0.324. The van der Waals surface area contributed by atoms with E-state index in [-0.39, 0.29) is 37.4 Å². The predicted octanol–water partition coefficient (Wildman–Crippen LogP) is 2.09. The van der Waals surface area contributed by atoms with Crippen molar-refractivity contribution in [3.63, 3.8) is 0 Å². The van der Waals surface area contributed by atoms with E-state index in [9.17, 15) is 18.3 Å². The number of aliphatic hydroxyl groups excluding tert-OH is 1. The zero-order chi connectivity index (χ0) is 20.9. The predicted molar refractivity (Wildman–Crippen MR) is 102 cm³/mol. The Labute approximate surface area is 166 Å². The van der Waals surface area contributed by atoms with E-state index in [2.05, 4.69) is 0 Å². The van der Waals surface area contributed by atoms with E-state index in [4.69, 9.17) is 13.7 Å². The zero-order valence-corrected chi connectivity index (χ0v) is 17.6. The van der Waals surface area contributed by atoms with Gasteiger partial charge >= 0.3 is 6.09 Å². The molecule has 1 fully saturated rings. The first-order chi connectivity index (χ1) is 13.0. The van der Waals surface area contributed by atoms with Crippen molar-refractivity contribution < 1.29 is 32.0 Å². The van der Waals surface area contributed by atoms with Crippen LogP contribution in [0.4, 0.5) is 4.79 Å². The van der Waals surface area contributed by atoms with Crippen molar-refractivity contribution in [2.24, 2.45) is 0 Å². The molecule has 28 heavy (non-hydrogen) atoms. The Morgan fingerprint density at radius 1 is 1.21 bits per heavy atom. The van der Waals surface area contributed by atoms with E-state index in [0.29, 0.717) is 6.42 Å². The maximum atomic E-state index is 12.3. The van der Waals surface area contributed by atoms with Crippen molar-refractivity contribution >= 4 is 16.2 Å². The van der Waals surface area contributed by atoms with E-state index in [1.165, 1.54) is 17.0 Å². The van der Waals surface area contributed by atoms with Gasteiger partial charge in [0, 0.05) is 0 Å². The quantitative estimate of drug-likeness (QED) is 0.537. The highest BCUT2D eigenvalue weighted by molar-refractivity contribution is 7.86. The monoisotopic (exact) mass is 415 g/mol. The van der Waals surface area contributed by atoms with Crippen LogP contribution in [0.1, 0.15) is 32.8 Å². The van der Waals surface area contributed by atoms with Crippen molar-refractivity contribution in [1.29, 1.82) is 0 Å². The first kappa shape index (κ1) is 22.6. The fourth-order valence-electron chi connectivity index (χ4n) is 2.84. The van der Waals surface area contributed by atoms with E-state index in [1.807, 2.05) is 6.92 Å². The Balaban J connectivity index is 1.81. The lowest BCUT2D eigenvalue weighted by atomic mass is 10.2. The van der Waals surface area contributed by atoms with E-state index in [0.717, 1.165) is 5.56 Å². The molecule has 1 saturated heterocycles. The molecular weight excluding hydrogens is 386 g/mol. The number of carbonyl (C=O) groups is 1. The molecule has 0 aliphatic carbocycles. The number of benzene rings is 1. The van der Waals surface area contributed by atoms with Crippen LogP contribution in [0.3, 0.4) is 0 Å². The number of aryl methyl sites for hydroxylation is 1. The van der Waals surface area contributed by atoms with Gasteiger partial charge in [-0.25, -0.2) is 4.79 Å². The van der Waals surface area contributed by atoms with Gasteiger partial charge in [-0.3, -0.25) is 4.18 Å². The van der Waals surface area contributed by atoms with Crippen molar-refractivity contribution in [3.05, 3.63) is 29.8 Å². The molecule has 158 valence electrons. The number of aliphatic hydroxyl groups is 1. The fraction of sp³-hybridized carbons (Fsp3) is 0.632. The average Bonchev–Trinajstić information content (AvgIpc) is 3.01. The molecule has 1 aliphatic rings. The summed E-state index contributed by atoms with van der Waals surface area (Å²) in [6, 6.07) is 5.99. The van der Waals surface area contributed by atoms with Gasteiger partial charge in [0.1, 0.15) is 5.60 Å².